The SMILES string of the molecule is O=C(N[C@@H](c1ccccc1)c1cccc(OCc2cccc(C(=O)O)c2Cc2ccc(CCNCC(O)c3ccc(O)c4[nH]c(=O)ccc34)cc2)c1)OC1CN2CCC1CC2. The molecule has 3 aliphatic rings. The van der Waals surface area contributed by atoms with E-state index in [9.17, 15) is 29.7 Å². The third-order valence-electron chi connectivity index (χ3n) is 11.9. The van der Waals surface area contributed by atoms with E-state index in [0.29, 0.717) is 53.1 Å². The summed E-state index contributed by atoms with van der Waals surface area (Å²) < 4.78 is 12.3. The van der Waals surface area contributed by atoms with Crippen LogP contribution >= 0.6 is 0 Å². The molecule has 12 heteroatoms. The number of H-pyrrole nitrogens is 1. The highest BCUT2D eigenvalue weighted by Crippen LogP contribution is 2.32. The fourth-order valence-electron chi connectivity index (χ4n) is 8.62. The molecular weight excluding hydrogens is 773 g/mol. The maximum atomic E-state index is 13.4. The fraction of sp³-hybridized carbons (Fsp3) is 0.286. The van der Waals surface area contributed by atoms with Gasteiger partial charge in [0.2, 0.25) is 5.56 Å². The summed E-state index contributed by atoms with van der Waals surface area (Å²) in [7, 11) is 0. The molecule has 0 aliphatic carbocycles. The Bertz CT molecular complexity index is 2540. The Morgan fingerprint density at radius 3 is 2.36 bits per heavy atom. The number of carbonyl (C=O) groups excluding carboxylic acids is 1. The molecule has 9 rings (SSSR count). The molecular formula is C49H50N4O8. The van der Waals surface area contributed by atoms with Crippen LogP contribution in [0.5, 0.6) is 11.5 Å². The summed E-state index contributed by atoms with van der Waals surface area (Å²) in [6.45, 7) is 3.90. The Morgan fingerprint density at radius 2 is 1.61 bits per heavy atom. The van der Waals surface area contributed by atoms with E-state index in [1.807, 2.05) is 84.9 Å². The van der Waals surface area contributed by atoms with Gasteiger partial charge in [-0.05, 0) is 121 Å². The summed E-state index contributed by atoms with van der Waals surface area (Å²) in [5.74, 6) is -0.0977. The number of aliphatic hydroxyl groups is 1. The number of aliphatic hydroxyl groups excluding tert-OH is 1. The van der Waals surface area contributed by atoms with Crippen LogP contribution in [0.4, 0.5) is 4.79 Å². The lowest BCUT2D eigenvalue weighted by atomic mass is 9.86. The van der Waals surface area contributed by atoms with E-state index >= 15 is 0 Å². The van der Waals surface area contributed by atoms with Crippen LogP contribution in [0.15, 0.2) is 126 Å². The summed E-state index contributed by atoms with van der Waals surface area (Å²) in [5, 5.41) is 38.2. The van der Waals surface area contributed by atoms with E-state index in [-0.39, 0.29) is 36.1 Å². The number of nitrogens with zero attached hydrogens (tertiary/aromatic N) is 1. The molecule has 0 saturated carbocycles. The fourth-order valence-corrected chi connectivity index (χ4v) is 8.62. The Hall–Kier alpha value is -6.47. The van der Waals surface area contributed by atoms with Gasteiger partial charge in [-0.1, -0.05) is 84.9 Å². The number of carboxylic acid groups (broad SMARTS) is 1. The molecule has 61 heavy (non-hydrogen) atoms. The maximum absolute atomic E-state index is 13.4. The number of nitrogens with one attached hydrogen (secondary N) is 3. The van der Waals surface area contributed by atoms with Crippen molar-refractivity contribution in [3.63, 3.8) is 0 Å². The van der Waals surface area contributed by atoms with Crippen LogP contribution in [0.25, 0.3) is 10.9 Å². The van der Waals surface area contributed by atoms with Crippen molar-refractivity contribution < 1.29 is 34.4 Å². The standard InChI is InChI=1S/C49H50N4O8/c54-42-18-16-38(39-17-19-45(56)51-47(39)42)43(55)28-50-23-20-31-12-14-32(15-13-31)26-41-36(9-5-11-40(41)48(57)58)30-60-37-10-4-8-35(27-37)46(34-6-2-1-3-7-34)52-49(59)61-44-29-53-24-21-33(44)22-25-53/h1-19,27,33,43-44,46,50,54-55H,20-26,28-30H2,(H,51,56)(H,52,59)(H,57,58)/t43?,44?,46-/m0/s1. The zero-order valence-electron chi connectivity index (χ0n) is 33.8. The highest BCUT2D eigenvalue weighted by atomic mass is 16.6. The lowest BCUT2D eigenvalue weighted by Gasteiger charge is -2.43. The average molecular weight is 823 g/mol. The van der Waals surface area contributed by atoms with Crippen molar-refractivity contribution in [2.75, 3.05) is 32.7 Å². The Morgan fingerprint density at radius 1 is 0.852 bits per heavy atom. The van der Waals surface area contributed by atoms with Crippen molar-refractivity contribution in [3.8, 4) is 11.5 Å². The molecule has 3 atom stereocenters. The van der Waals surface area contributed by atoms with Crippen LogP contribution < -0.4 is 20.9 Å². The minimum absolute atomic E-state index is 0.0560. The van der Waals surface area contributed by atoms with E-state index < -0.39 is 24.2 Å². The second kappa shape index (κ2) is 18.8. The summed E-state index contributed by atoms with van der Waals surface area (Å²) >= 11 is 0. The molecule has 0 radical (unpaired) electrons. The first-order valence-corrected chi connectivity index (χ1v) is 20.8. The molecule has 3 saturated heterocycles. The number of rotatable bonds is 16. The first-order chi connectivity index (χ1) is 29.7. The Kier molecular flexibility index (Phi) is 12.8. The molecule has 2 bridgehead atoms. The van der Waals surface area contributed by atoms with Crippen LogP contribution in [-0.4, -0.2) is 76.1 Å². The van der Waals surface area contributed by atoms with E-state index in [0.717, 1.165) is 60.3 Å². The molecule has 12 nitrogen and oxygen atoms in total. The molecule has 5 aromatic carbocycles. The zero-order chi connectivity index (χ0) is 42.3. The van der Waals surface area contributed by atoms with E-state index in [1.165, 1.54) is 12.1 Å². The number of ether oxygens (including phenoxy) is 2. The van der Waals surface area contributed by atoms with Gasteiger partial charge in [0.15, 0.2) is 0 Å². The van der Waals surface area contributed by atoms with Crippen molar-refractivity contribution >= 4 is 23.0 Å². The number of aromatic nitrogens is 1. The molecule has 6 aromatic rings. The van der Waals surface area contributed by atoms with Gasteiger partial charge in [0.1, 0.15) is 24.2 Å². The van der Waals surface area contributed by atoms with Gasteiger partial charge in [-0.2, -0.15) is 0 Å². The van der Waals surface area contributed by atoms with Gasteiger partial charge in [-0.3, -0.25) is 9.69 Å². The number of carboxylic acids is 1. The Labute approximate surface area is 353 Å². The van der Waals surface area contributed by atoms with Gasteiger partial charge in [-0.15, -0.1) is 0 Å². The summed E-state index contributed by atoms with van der Waals surface area (Å²) in [4.78, 5) is 42.5. The van der Waals surface area contributed by atoms with Gasteiger partial charge < -0.3 is 40.4 Å². The predicted molar refractivity (Wildman–Crippen MR) is 232 cm³/mol. The number of alkyl carbamates (subject to hydrolysis) is 1. The van der Waals surface area contributed by atoms with Crippen molar-refractivity contribution in [3.05, 3.63) is 176 Å². The highest BCUT2D eigenvalue weighted by molar-refractivity contribution is 5.90. The van der Waals surface area contributed by atoms with Crippen molar-refractivity contribution in [1.29, 1.82) is 0 Å². The van der Waals surface area contributed by atoms with Crippen LogP contribution in [0, 0.1) is 5.92 Å². The first kappa shape index (κ1) is 41.3. The molecule has 4 heterocycles. The lowest BCUT2D eigenvalue weighted by molar-refractivity contribution is -0.0336. The molecule has 1 aromatic heterocycles. The topological polar surface area (TPSA) is 173 Å². The number of piperidine rings is 3. The third-order valence-corrected chi connectivity index (χ3v) is 11.9. The molecule has 6 N–H and O–H groups in total. The smallest absolute Gasteiger partial charge is 0.408 e. The average Bonchev–Trinajstić information content (AvgIpc) is 3.28. The normalized spacial score (nSPS) is 18.0. The van der Waals surface area contributed by atoms with Crippen LogP contribution in [-0.2, 0) is 24.2 Å². The third kappa shape index (κ3) is 9.95. The summed E-state index contributed by atoms with van der Waals surface area (Å²) in [6.07, 6.45) is 1.76. The number of aromatic amines is 1. The van der Waals surface area contributed by atoms with Crippen LogP contribution in [0.1, 0.15) is 74.3 Å². The second-order valence-electron chi connectivity index (χ2n) is 15.9. The number of carbonyl (C=O) groups is 2. The molecule has 1 amide bonds. The lowest BCUT2D eigenvalue weighted by Crippen LogP contribution is -2.52. The number of hydrogen-bond acceptors (Lipinski definition) is 9. The Balaban J connectivity index is 0.898. The summed E-state index contributed by atoms with van der Waals surface area (Å²) in [6, 6.07) is 36.2. The zero-order valence-corrected chi connectivity index (χ0v) is 33.8. The number of benzene rings is 5. The molecule has 3 fully saturated rings. The number of fused-ring (bicyclic) bond motifs is 4. The predicted octanol–water partition coefficient (Wildman–Crippen LogP) is 6.88. The highest BCUT2D eigenvalue weighted by Gasteiger charge is 2.37. The van der Waals surface area contributed by atoms with Crippen molar-refractivity contribution in [2.45, 2.75) is 50.5 Å². The number of aromatic hydroxyl groups is 1. The van der Waals surface area contributed by atoms with E-state index in [2.05, 4.69) is 20.5 Å². The van der Waals surface area contributed by atoms with E-state index in [4.69, 9.17) is 9.47 Å². The minimum Gasteiger partial charge on any atom is -0.506 e. The number of aromatic carboxylic acids is 1. The summed E-state index contributed by atoms with van der Waals surface area (Å²) in [5.41, 5.74) is 5.94. The van der Waals surface area contributed by atoms with Gasteiger partial charge >= 0.3 is 12.1 Å². The van der Waals surface area contributed by atoms with Crippen molar-refractivity contribution in [1.82, 2.24) is 20.5 Å². The van der Waals surface area contributed by atoms with Crippen molar-refractivity contribution in [2.24, 2.45) is 5.92 Å². The van der Waals surface area contributed by atoms with Gasteiger partial charge in [-0.25, -0.2) is 9.59 Å². The quantitative estimate of drug-likeness (QED) is 0.0566. The maximum Gasteiger partial charge on any atom is 0.408 e. The number of amides is 1. The van der Waals surface area contributed by atoms with E-state index in [1.54, 1.807) is 24.3 Å². The first-order valence-electron chi connectivity index (χ1n) is 20.8. The molecule has 3 aliphatic heterocycles. The van der Waals surface area contributed by atoms with Gasteiger partial charge in [0.25, 0.3) is 0 Å². The number of phenolic OH excluding ortho intramolecular Hbond substituents is 1. The molecule has 0 spiro atoms. The monoisotopic (exact) mass is 822 g/mol. The minimum atomic E-state index is -1.01. The van der Waals surface area contributed by atoms with Gasteiger partial charge in [0, 0.05) is 24.5 Å². The number of pyridine rings is 1. The largest absolute Gasteiger partial charge is 0.506 e. The second-order valence-corrected chi connectivity index (χ2v) is 15.9. The molecule has 2 unspecified atom stereocenters. The number of hydrogen-bond donors (Lipinski definition) is 6. The molecule has 314 valence electrons. The van der Waals surface area contributed by atoms with Crippen LogP contribution in [0.3, 0.4) is 0 Å². The van der Waals surface area contributed by atoms with Gasteiger partial charge in [0.05, 0.1) is 23.2 Å². The number of phenols is 1. The van der Waals surface area contributed by atoms with Crippen LogP contribution in [0.2, 0.25) is 0 Å².